The van der Waals surface area contributed by atoms with Gasteiger partial charge in [-0.2, -0.15) is 0 Å². The van der Waals surface area contributed by atoms with Crippen LogP contribution < -0.4 is 4.74 Å². The lowest BCUT2D eigenvalue weighted by molar-refractivity contribution is 0.391. The molecule has 0 bridgehead atoms. The van der Waals surface area contributed by atoms with Gasteiger partial charge in [-0.05, 0) is 12.1 Å². The monoisotopic (exact) mass is 199 g/mol. The van der Waals surface area contributed by atoms with Gasteiger partial charge in [0.05, 0.1) is 17.6 Å². The lowest BCUT2D eigenvalue weighted by Gasteiger charge is -2.02. The SMILES string of the molecule is COc1c(F)ccc2c(Cl)c[nH]c12. The average Bonchev–Trinajstić information content (AvgIpc) is 2.48. The number of fused-ring (bicyclic) bond motifs is 1. The summed E-state index contributed by atoms with van der Waals surface area (Å²) in [6, 6.07) is 2.95. The molecule has 0 amide bonds. The highest BCUT2D eigenvalue weighted by molar-refractivity contribution is 6.35. The van der Waals surface area contributed by atoms with Crippen LogP contribution >= 0.6 is 11.6 Å². The quantitative estimate of drug-likeness (QED) is 0.751. The van der Waals surface area contributed by atoms with Crippen molar-refractivity contribution in [2.45, 2.75) is 0 Å². The molecule has 1 N–H and O–H groups in total. The molecule has 0 aliphatic carbocycles. The Hall–Kier alpha value is -1.22. The number of hydrogen-bond donors (Lipinski definition) is 1. The van der Waals surface area contributed by atoms with Gasteiger partial charge in [-0.1, -0.05) is 11.6 Å². The Morgan fingerprint density at radius 2 is 2.23 bits per heavy atom. The first kappa shape index (κ1) is 8.38. The Kier molecular flexibility index (Phi) is 1.88. The molecule has 1 heterocycles. The number of benzene rings is 1. The van der Waals surface area contributed by atoms with Crippen molar-refractivity contribution in [2.24, 2.45) is 0 Å². The normalized spacial score (nSPS) is 10.7. The zero-order valence-electron chi connectivity index (χ0n) is 6.90. The van der Waals surface area contributed by atoms with Crippen LogP contribution in [0.5, 0.6) is 5.75 Å². The molecular formula is C9H7ClFNO. The first-order chi connectivity index (χ1) is 6.24. The molecule has 0 aliphatic heterocycles. The summed E-state index contributed by atoms with van der Waals surface area (Å²) >= 11 is 5.84. The van der Waals surface area contributed by atoms with Gasteiger partial charge in [0.15, 0.2) is 11.6 Å². The topological polar surface area (TPSA) is 25.0 Å². The van der Waals surface area contributed by atoms with E-state index in [-0.39, 0.29) is 5.75 Å². The van der Waals surface area contributed by atoms with E-state index in [4.69, 9.17) is 16.3 Å². The van der Waals surface area contributed by atoms with Gasteiger partial charge >= 0.3 is 0 Å². The third kappa shape index (κ3) is 1.16. The average molecular weight is 200 g/mol. The van der Waals surface area contributed by atoms with E-state index in [9.17, 15) is 4.39 Å². The smallest absolute Gasteiger partial charge is 0.178 e. The molecule has 2 nitrogen and oxygen atoms in total. The van der Waals surface area contributed by atoms with Crippen molar-refractivity contribution >= 4 is 22.5 Å². The fourth-order valence-corrected chi connectivity index (χ4v) is 1.52. The first-order valence-electron chi connectivity index (χ1n) is 3.73. The number of halogens is 2. The van der Waals surface area contributed by atoms with Crippen molar-refractivity contribution in [3.63, 3.8) is 0 Å². The second kappa shape index (κ2) is 2.92. The Morgan fingerprint density at radius 3 is 2.92 bits per heavy atom. The van der Waals surface area contributed by atoms with Crippen LogP contribution in [-0.2, 0) is 0 Å². The molecule has 4 heteroatoms. The molecule has 0 radical (unpaired) electrons. The molecule has 68 valence electrons. The first-order valence-corrected chi connectivity index (χ1v) is 4.11. The van der Waals surface area contributed by atoms with Crippen LogP contribution in [0.1, 0.15) is 0 Å². The van der Waals surface area contributed by atoms with Gasteiger partial charge in [-0.25, -0.2) is 4.39 Å². The summed E-state index contributed by atoms with van der Waals surface area (Å²) in [7, 11) is 1.42. The van der Waals surface area contributed by atoms with Crippen LogP contribution in [0.15, 0.2) is 18.3 Å². The second-order valence-electron chi connectivity index (χ2n) is 2.64. The number of aromatic nitrogens is 1. The number of methoxy groups -OCH3 is 1. The Morgan fingerprint density at radius 1 is 1.46 bits per heavy atom. The van der Waals surface area contributed by atoms with Crippen molar-refractivity contribution < 1.29 is 9.13 Å². The number of hydrogen-bond acceptors (Lipinski definition) is 1. The van der Waals surface area contributed by atoms with E-state index in [1.54, 1.807) is 12.3 Å². The van der Waals surface area contributed by atoms with Gasteiger partial charge in [0, 0.05) is 11.6 Å². The van der Waals surface area contributed by atoms with E-state index in [0.29, 0.717) is 10.5 Å². The van der Waals surface area contributed by atoms with Crippen molar-refractivity contribution in [3.8, 4) is 5.75 Å². The predicted octanol–water partition coefficient (Wildman–Crippen LogP) is 2.97. The van der Waals surface area contributed by atoms with Crippen LogP contribution in [0.25, 0.3) is 10.9 Å². The minimum atomic E-state index is -0.395. The summed E-state index contributed by atoms with van der Waals surface area (Å²) in [6.45, 7) is 0. The van der Waals surface area contributed by atoms with Gasteiger partial charge in [0.1, 0.15) is 0 Å². The van der Waals surface area contributed by atoms with Crippen molar-refractivity contribution in [1.29, 1.82) is 0 Å². The van der Waals surface area contributed by atoms with Crippen molar-refractivity contribution in [1.82, 2.24) is 4.98 Å². The molecule has 0 saturated carbocycles. The second-order valence-corrected chi connectivity index (χ2v) is 3.05. The fourth-order valence-electron chi connectivity index (χ4n) is 1.31. The number of rotatable bonds is 1. The van der Waals surface area contributed by atoms with E-state index in [0.717, 1.165) is 5.39 Å². The van der Waals surface area contributed by atoms with Crippen LogP contribution in [0, 0.1) is 5.82 Å². The van der Waals surface area contributed by atoms with Crippen molar-refractivity contribution in [3.05, 3.63) is 29.2 Å². The van der Waals surface area contributed by atoms with Gasteiger partial charge < -0.3 is 9.72 Å². The highest BCUT2D eigenvalue weighted by Gasteiger charge is 2.10. The minimum absolute atomic E-state index is 0.199. The summed E-state index contributed by atoms with van der Waals surface area (Å²) in [4.78, 5) is 2.85. The van der Waals surface area contributed by atoms with Gasteiger partial charge in [0.2, 0.25) is 0 Å². The fraction of sp³-hybridized carbons (Fsp3) is 0.111. The maximum Gasteiger partial charge on any atom is 0.178 e. The number of nitrogens with one attached hydrogen (secondary N) is 1. The lowest BCUT2D eigenvalue weighted by Crippen LogP contribution is -1.88. The van der Waals surface area contributed by atoms with Crippen LogP contribution in [0.4, 0.5) is 4.39 Å². The molecule has 0 saturated heterocycles. The lowest BCUT2D eigenvalue weighted by atomic mass is 10.2. The maximum absolute atomic E-state index is 13.1. The minimum Gasteiger partial charge on any atom is -0.492 e. The molecule has 0 atom stereocenters. The summed E-state index contributed by atoms with van der Waals surface area (Å²) < 4.78 is 18.0. The summed E-state index contributed by atoms with van der Waals surface area (Å²) in [5.74, 6) is -0.196. The van der Waals surface area contributed by atoms with E-state index in [1.165, 1.54) is 13.2 Å². The van der Waals surface area contributed by atoms with E-state index in [1.807, 2.05) is 0 Å². The van der Waals surface area contributed by atoms with Crippen LogP contribution in [-0.4, -0.2) is 12.1 Å². The Bertz CT molecular complexity index is 452. The van der Waals surface area contributed by atoms with Crippen LogP contribution in [0.2, 0.25) is 5.02 Å². The third-order valence-electron chi connectivity index (χ3n) is 1.91. The van der Waals surface area contributed by atoms with E-state index < -0.39 is 5.82 Å². The molecular weight excluding hydrogens is 193 g/mol. The molecule has 2 aromatic rings. The van der Waals surface area contributed by atoms with Gasteiger partial charge in [-0.15, -0.1) is 0 Å². The number of H-pyrrole nitrogens is 1. The van der Waals surface area contributed by atoms with E-state index >= 15 is 0 Å². The predicted molar refractivity (Wildman–Crippen MR) is 49.8 cm³/mol. The van der Waals surface area contributed by atoms with Gasteiger partial charge in [0.25, 0.3) is 0 Å². The molecule has 1 aromatic heterocycles. The Labute approximate surface area is 79.3 Å². The van der Waals surface area contributed by atoms with Gasteiger partial charge in [-0.3, -0.25) is 0 Å². The largest absolute Gasteiger partial charge is 0.492 e. The highest BCUT2D eigenvalue weighted by Crippen LogP contribution is 2.31. The summed E-state index contributed by atoms with van der Waals surface area (Å²) in [6.07, 6.45) is 1.61. The molecule has 2 rings (SSSR count). The molecule has 0 fully saturated rings. The number of ether oxygens (including phenoxy) is 1. The summed E-state index contributed by atoms with van der Waals surface area (Å²) in [5.41, 5.74) is 0.590. The molecule has 0 spiro atoms. The Balaban J connectivity index is 2.85. The molecule has 13 heavy (non-hydrogen) atoms. The molecule has 0 unspecified atom stereocenters. The highest BCUT2D eigenvalue weighted by atomic mass is 35.5. The zero-order chi connectivity index (χ0) is 9.42. The van der Waals surface area contributed by atoms with Crippen molar-refractivity contribution in [2.75, 3.05) is 7.11 Å². The zero-order valence-corrected chi connectivity index (χ0v) is 7.65. The van der Waals surface area contributed by atoms with E-state index in [2.05, 4.69) is 4.98 Å². The maximum atomic E-state index is 13.1. The molecule has 1 aromatic carbocycles. The summed E-state index contributed by atoms with van der Waals surface area (Å²) in [5, 5.41) is 1.33. The standard InChI is InChI=1S/C9H7ClFNO/c1-13-9-7(11)3-2-5-6(10)4-12-8(5)9/h2-4,12H,1H3. The molecule has 0 aliphatic rings. The number of aromatic amines is 1. The van der Waals surface area contributed by atoms with Crippen LogP contribution in [0.3, 0.4) is 0 Å². The third-order valence-corrected chi connectivity index (χ3v) is 2.23.